The summed E-state index contributed by atoms with van der Waals surface area (Å²) in [7, 11) is 0. The van der Waals surface area contributed by atoms with Gasteiger partial charge in [0, 0.05) is 17.6 Å². The molecule has 33 heavy (non-hydrogen) atoms. The molecule has 0 radical (unpaired) electrons. The maximum Gasteiger partial charge on any atom is 0.247 e. The number of benzene rings is 2. The van der Waals surface area contributed by atoms with Gasteiger partial charge in [0.25, 0.3) is 0 Å². The van der Waals surface area contributed by atoms with Crippen LogP contribution in [0.3, 0.4) is 0 Å². The van der Waals surface area contributed by atoms with Gasteiger partial charge >= 0.3 is 0 Å². The van der Waals surface area contributed by atoms with Crippen LogP contribution >= 0.6 is 11.8 Å². The number of aryl methyl sites for hydroxylation is 2. The Kier molecular flexibility index (Phi) is 7.08. The molecule has 2 aromatic carbocycles. The zero-order valence-electron chi connectivity index (χ0n) is 19.0. The predicted octanol–water partition coefficient (Wildman–Crippen LogP) is 6.32. The molecule has 170 valence electrons. The molecule has 7 heteroatoms. The molecule has 0 spiro atoms. The minimum Gasteiger partial charge on any atom is -0.324 e. The molecule has 0 aliphatic carbocycles. The van der Waals surface area contributed by atoms with Gasteiger partial charge in [-0.05, 0) is 60.7 Å². The van der Waals surface area contributed by atoms with Crippen LogP contribution in [0.25, 0.3) is 11.2 Å². The highest BCUT2D eigenvalue weighted by Crippen LogP contribution is 2.32. The van der Waals surface area contributed by atoms with E-state index in [0.29, 0.717) is 23.0 Å². The van der Waals surface area contributed by atoms with Crippen molar-refractivity contribution in [3.05, 3.63) is 83.3 Å². The number of imidazole rings is 1. The van der Waals surface area contributed by atoms with Crippen molar-refractivity contribution < 1.29 is 9.18 Å². The number of carbonyl (C=O) groups is 1. The van der Waals surface area contributed by atoms with Gasteiger partial charge in [0.15, 0.2) is 10.8 Å². The standard InChI is InChI=1S/C26H27FN4OS/c1-4-19-11-6-9-17(3)23(19)30-25(32)22(5-2)31-24-21(13-8-14-28-24)29-26(31)33-16-18-10-7-12-20(27)15-18/h6-15,22H,4-5,16H2,1-3H3,(H,30,32). The van der Waals surface area contributed by atoms with Crippen LogP contribution < -0.4 is 5.32 Å². The van der Waals surface area contributed by atoms with Gasteiger partial charge in [0.2, 0.25) is 5.91 Å². The Morgan fingerprint density at radius 3 is 2.73 bits per heavy atom. The van der Waals surface area contributed by atoms with Crippen LogP contribution in [-0.2, 0) is 17.0 Å². The third-order valence-electron chi connectivity index (χ3n) is 5.66. The maximum absolute atomic E-state index is 13.6. The SMILES string of the molecule is CCc1cccc(C)c1NC(=O)C(CC)n1c(SCc2cccc(F)c2)nc2cccnc21. The third-order valence-corrected chi connectivity index (χ3v) is 6.69. The minimum atomic E-state index is -0.482. The number of rotatable bonds is 8. The topological polar surface area (TPSA) is 59.8 Å². The Bertz CT molecular complexity index is 1290. The van der Waals surface area contributed by atoms with Gasteiger partial charge in [-0.2, -0.15) is 0 Å². The highest BCUT2D eigenvalue weighted by Gasteiger charge is 2.26. The average molecular weight is 463 g/mol. The number of hydrogen-bond donors (Lipinski definition) is 1. The lowest BCUT2D eigenvalue weighted by Crippen LogP contribution is -2.27. The van der Waals surface area contributed by atoms with Gasteiger partial charge in [-0.1, -0.05) is 55.9 Å². The van der Waals surface area contributed by atoms with Crippen LogP contribution in [0.15, 0.2) is 66.0 Å². The first-order valence-electron chi connectivity index (χ1n) is 11.1. The summed E-state index contributed by atoms with van der Waals surface area (Å²) in [5.74, 6) is 0.176. The zero-order chi connectivity index (χ0) is 23.4. The maximum atomic E-state index is 13.6. The number of halogens is 1. The Morgan fingerprint density at radius 2 is 1.97 bits per heavy atom. The first kappa shape index (κ1) is 23.0. The molecule has 5 nitrogen and oxygen atoms in total. The molecule has 1 amide bonds. The van der Waals surface area contributed by atoms with Crippen LogP contribution in [0.4, 0.5) is 10.1 Å². The normalized spacial score (nSPS) is 12.1. The van der Waals surface area contributed by atoms with E-state index in [9.17, 15) is 9.18 Å². The quantitative estimate of drug-likeness (QED) is 0.311. The van der Waals surface area contributed by atoms with E-state index in [1.807, 2.05) is 54.8 Å². The largest absolute Gasteiger partial charge is 0.324 e. The first-order chi connectivity index (χ1) is 16.0. The summed E-state index contributed by atoms with van der Waals surface area (Å²) in [5, 5.41) is 3.86. The lowest BCUT2D eigenvalue weighted by Gasteiger charge is -2.21. The van der Waals surface area contributed by atoms with E-state index >= 15 is 0 Å². The van der Waals surface area contributed by atoms with Crippen molar-refractivity contribution in [1.29, 1.82) is 0 Å². The van der Waals surface area contributed by atoms with E-state index < -0.39 is 6.04 Å². The van der Waals surface area contributed by atoms with E-state index in [1.165, 1.54) is 23.9 Å². The summed E-state index contributed by atoms with van der Waals surface area (Å²) in [6.07, 6.45) is 3.12. The number of fused-ring (bicyclic) bond motifs is 1. The van der Waals surface area contributed by atoms with Gasteiger partial charge in [-0.15, -0.1) is 0 Å². The van der Waals surface area contributed by atoms with Crippen molar-refractivity contribution >= 4 is 34.5 Å². The highest BCUT2D eigenvalue weighted by atomic mass is 32.2. The molecule has 0 saturated carbocycles. The van der Waals surface area contributed by atoms with E-state index in [2.05, 4.69) is 17.2 Å². The molecule has 0 fully saturated rings. The summed E-state index contributed by atoms with van der Waals surface area (Å²) < 4.78 is 15.6. The molecule has 4 rings (SSSR count). The summed E-state index contributed by atoms with van der Waals surface area (Å²) in [5.41, 5.74) is 5.27. The number of carbonyl (C=O) groups excluding carboxylic acids is 1. The van der Waals surface area contributed by atoms with Crippen LogP contribution in [0, 0.1) is 12.7 Å². The molecule has 1 atom stereocenters. The number of pyridine rings is 1. The van der Waals surface area contributed by atoms with E-state index in [1.54, 1.807) is 12.3 Å². The molecule has 0 bridgehead atoms. The predicted molar refractivity (Wildman–Crippen MR) is 132 cm³/mol. The summed E-state index contributed by atoms with van der Waals surface area (Å²) in [4.78, 5) is 22.8. The second-order valence-corrected chi connectivity index (χ2v) is 8.85. The molecule has 0 aliphatic rings. The van der Waals surface area contributed by atoms with Crippen molar-refractivity contribution in [2.45, 2.75) is 50.6 Å². The average Bonchev–Trinajstić information content (AvgIpc) is 3.18. The number of anilines is 1. The Labute approximate surface area is 197 Å². The van der Waals surface area contributed by atoms with Gasteiger partial charge in [-0.3, -0.25) is 9.36 Å². The Morgan fingerprint density at radius 1 is 1.15 bits per heavy atom. The number of nitrogens with zero attached hydrogens (tertiary/aromatic N) is 3. The summed E-state index contributed by atoms with van der Waals surface area (Å²) >= 11 is 1.48. The summed E-state index contributed by atoms with van der Waals surface area (Å²) in [6.45, 7) is 6.07. The van der Waals surface area contributed by atoms with Crippen molar-refractivity contribution in [3.63, 3.8) is 0 Å². The summed E-state index contributed by atoms with van der Waals surface area (Å²) in [6, 6.07) is 15.8. The molecule has 4 aromatic rings. The fraction of sp³-hybridized carbons (Fsp3) is 0.269. The van der Waals surface area contributed by atoms with Crippen LogP contribution in [0.5, 0.6) is 0 Å². The monoisotopic (exact) mass is 462 g/mol. The first-order valence-corrected chi connectivity index (χ1v) is 12.1. The second kappa shape index (κ2) is 10.2. The van der Waals surface area contributed by atoms with Crippen molar-refractivity contribution in [2.75, 3.05) is 5.32 Å². The lowest BCUT2D eigenvalue weighted by atomic mass is 10.1. The van der Waals surface area contributed by atoms with Gasteiger partial charge in [0.1, 0.15) is 17.4 Å². The minimum absolute atomic E-state index is 0.0981. The Hall–Kier alpha value is -3.19. The number of amides is 1. The molecule has 0 saturated heterocycles. The molecule has 1 unspecified atom stereocenters. The van der Waals surface area contributed by atoms with Crippen molar-refractivity contribution in [3.8, 4) is 0 Å². The zero-order valence-corrected chi connectivity index (χ0v) is 19.8. The number of hydrogen-bond acceptors (Lipinski definition) is 4. The number of thioether (sulfide) groups is 1. The van der Waals surface area contributed by atoms with Gasteiger partial charge < -0.3 is 5.32 Å². The van der Waals surface area contributed by atoms with E-state index in [4.69, 9.17) is 4.98 Å². The molecule has 0 aliphatic heterocycles. The van der Waals surface area contributed by atoms with Crippen LogP contribution in [-0.4, -0.2) is 20.4 Å². The molecular weight excluding hydrogens is 435 g/mol. The molecule has 2 heterocycles. The lowest BCUT2D eigenvalue weighted by molar-refractivity contribution is -0.119. The fourth-order valence-electron chi connectivity index (χ4n) is 3.96. The third kappa shape index (κ3) is 4.93. The number of aromatic nitrogens is 3. The second-order valence-electron chi connectivity index (χ2n) is 7.90. The smallest absolute Gasteiger partial charge is 0.247 e. The fourth-order valence-corrected chi connectivity index (χ4v) is 4.95. The van der Waals surface area contributed by atoms with Gasteiger partial charge in [0.05, 0.1) is 0 Å². The van der Waals surface area contributed by atoms with Crippen molar-refractivity contribution in [2.24, 2.45) is 0 Å². The van der Waals surface area contributed by atoms with Crippen LogP contribution in [0.1, 0.15) is 43.0 Å². The molecule has 2 aromatic heterocycles. The highest BCUT2D eigenvalue weighted by molar-refractivity contribution is 7.98. The number of para-hydroxylation sites is 1. The Balaban J connectivity index is 1.69. The van der Waals surface area contributed by atoms with E-state index in [0.717, 1.165) is 34.3 Å². The van der Waals surface area contributed by atoms with Crippen LogP contribution in [0.2, 0.25) is 0 Å². The molecular formula is C26H27FN4OS. The molecule has 1 N–H and O–H groups in total. The van der Waals surface area contributed by atoms with Crippen molar-refractivity contribution in [1.82, 2.24) is 14.5 Å². The van der Waals surface area contributed by atoms with E-state index in [-0.39, 0.29) is 11.7 Å². The van der Waals surface area contributed by atoms with Gasteiger partial charge in [-0.25, -0.2) is 14.4 Å². The number of nitrogens with one attached hydrogen (secondary N) is 1.